The van der Waals surface area contributed by atoms with Crippen LogP contribution in [-0.4, -0.2) is 67.1 Å². The van der Waals surface area contributed by atoms with Gasteiger partial charge in [-0.2, -0.15) is 26.3 Å². The van der Waals surface area contributed by atoms with E-state index >= 15 is 0 Å². The smallest absolute Gasteiger partial charge is 0.475 e. The highest BCUT2D eigenvalue weighted by molar-refractivity contribution is 5.73. The largest absolute Gasteiger partial charge is 0.490 e. The summed E-state index contributed by atoms with van der Waals surface area (Å²) in [7, 11) is 2.07. The molecule has 0 saturated heterocycles. The molecule has 3 aromatic rings. The predicted molar refractivity (Wildman–Crippen MR) is 128 cm³/mol. The number of fused-ring (bicyclic) bond motifs is 1. The monoisotopic (exact) mass is 576 g/mol. The number of hydrogen-bond donors (Lipinski definition) is 2. The molecule has 3 heterocycles. The summed E-state index contributed by atoms with van der Waals surface area (Å²) in [6, 6.07) is 14.7. The Bertz CT molecular complexity index is 1200. The fraction of sp³-hybridized carbons (Fsp3) is 0.360. The third-order valence-corrected chi connectivity index (χ3v) is 5.44. The minimum atomic E-state index is -5.08. The molecule has 0 bridgehead atoms. The topological polar surface area (TPSA) is 118 Å². The maximum atomic E-state index is 10.6. The van der Waals surface area contributed by atoms with E-state index in [1.54, 1.807) is 0 Å². The number of aliphatic carboxylic acids is 2. The van der Waals surface area contributed by atoms with E-state index in [1.807, 2.05) is 43.0 Å². The molecular weight excluding hydrogens is 550 g/mol. The summed E-state index contributed by atoms with van der Waals surface area (Å²) >= 11 is 0. The first-order valence-electron chi connectivity index (χ1n) is 11.5. The van der Waals surface area contributed by atoms with Crippen molar-refractivity contribution in [3.63, 3.8) is 0 Å². The van der Waals surface area contributed by atoms with Gasteiger partial charge in [0.1, 0.15) is 0 Å². The molecule has 15 heteroatoms. The highest BCUT2D eigenvalue weighted by Gasteiger charge is 2.39. The average molecular weight is 576 g/mol. The number of halogens is 6. The van der Waals surface area contributed by atoms with Crippen LogP contribution in [0.25, 0.3) is 0 Å². The maximum absolute atomic E-state index is 10.6. The van der Waals surface area contributed by atoms with Crippen LogP contribution in [0.1, 0.15) is 28.6 Å². The first-order valence-corrected chi connectivity index (χ1v) is 11.5. The Kier molecular flexibility index (Phi) is 11.6. The lowest BCUT2D eigenvalue weighted by Gasteiger charge is -2.35. The Morgan fingerprint density at radius 3 is 2.08 bits per heavy atom. The van der Waals surface area contributed by atoms with Gasteiger partial charge >= 0.3 is 24.3 Å². The number of rotatable bonds is 6. The Morgan fingerprint density at radius 1 is 0.975 bits per heavy atom. The molecule has 1 aliphatic rings. The Labute approximate surface area is 224 Å². The van der Waals surface area contributed by atoms with Crippen LogP contribution in [0.5, 0.6) is 0 Å². The number of carbonyl (C=O) groups is 2. The van der Waals surface area contributed by atoms with Crippen LogP contribution in [0, 0.1) is 0 Å². The second-order valence-corrected chi connectivity index (χ2v) is 8.39. The molecule has 2 N–H and O–H groups in total. The van der Waals surface area contributed by atoms with Crippen LogP contribution in [0.4, 0.5) is 26.3 Å². The molecule has 0 spiro atoms. The number of aryl methyl sites for hydroxylation is 1. The van der Waals surface area contributed by atoms with E-state index in [0.717, 1.165) is 19.5 Å². The molecule has 1 aromatic carbocycles. The van der Waals surface area contributed by atoms with Crippen LogP contribution < -0.4 is 0 Å². The van der Waals surface area contributed by atoms with Gasteiger partial charge in [-0.25, -0.2) is 14.6 Å². The highest BCUT2D eigenvalue weighted by atomic mass is 19.4. The molecule has 0 radical (unpaired) electrons. The quantitative estimate of drug-likeness (QED) is 0.415. The minimum Gasteiger partial charge on any atom is -0.475 e. The minimum absolute atomic E-state index is 0.204. The van der Waals surface area contributed by atoms with E-state index in [1.165, 1.54) is 22.5 Å². The number of ether oxygens (including phenoxy) is 1. The summed E-state index contributed by atoms with van der Waals surface area (Å²) in [5, 5.41) is 14.2. The summed E-state index contributed by atoms with van der Waals surface area (Å²) in [5.41, 5.74) is 4.90. The molecule has 0 saturated carbocycles. The van der Waals surface area contributed by atoms with Crippen molar-refractivity contribution in [2.75, 3.05) is 13.2 Å². The van der Waals surface area contributed by atoms with Gasteiger partial charge in [-0.15, -0.1) is 0 Å². The zero-order chi connectivity index (χ0) is 29.9. The van der Waals surface area contributed by atoms with Crippen molar-refractivity contribution in [1.29, 1.82) is 0 Å². The van der Waals surface area contributed by atoms with E-state index < -0.39 is 24.3 Å². The van der Waals surface area contributed by atoms with Crippen LogP contribution in [0.15, 0.2) is 61.2 Å². The molecule has 4 rings (SSSR count). The summed E-state index contributed by atoms with van der Waals surface area (Å²) in [5.74, 6) is -5.51. The van der Waals surface area contributed by atoms with Gasteiger partial charge in [0, 0.05) is 39.0 Å². The van der Waals surface area contributed by atoms with E-state index in [-0.39, 0.29) is 6.04 Å². The first-order chi connectivity index (χ1) is 18.7. The summed E-state index contributed by atoms with van der Waals surface area (Å²) in [6.45, 7) is 3.14. The Balaban J connectivity index is 0.000000333. The Morgan fingerprint density at radius 2 is 1.55 bits per heavy atom. The lowest BCUT2D eigenvalue weighted by atomic mass is 10.0. The zero-order valence-electron chi connectivity index (χ0n) is 21.1. The van der Waals surface area contributed by atoms with Gasteiger partial charge < -0.3 is 19.5 Å². The molecule has 1 aliphatic heterocycles. The van der Waals surface area contributed by atoms with E-state index in [4.69, 9.17) is 24.5 Å². The van der Waals surface area contributed by atoms with Gasteiger partial charge in [-0.1, -0.05) is 36.4 Å². The second kappa shape index (κ2) is 14.4. The number of alkyl halides is 6. The van der Waals surface area contributed by atoms with Crippen molar-refractivity contribution in [2.24, 2.45) is 7.05 Å². The lowest BCUT2D eigenvalue weighted by molar-refractivity contribution is -0.193. The van der Waals surface area contributed by atoms with Crippen molar-refractivity contribution in [1.82, 2.24) is 19.4 Å². The van der Waals surface area contributed by atoms with E-state index in [0.29, 0.717) is 13.2 Å². The molecule has 0 aliphatic carbocycles. The SMILES string of the molecule is Cn1cnc2c1C(COCc1ccccc1)N(Cc1cccnc1)CC2.O=C(O)C(F)(F)F.O=C(O)C(F)(F)F. The van der Waals surface area contributed by atoms with E-state index in [2.05, 4.69) is 44.7 Å². The third kappa shape index (κ3) is 10.3. The molecule has 9 nitrogen and oxygen atoms in total. The second-order valence-electron chi connectivity index (χ2n) is 8.39. The Hall–Kier alpha value is -3.98. The molecule has 0 amide bonds. The number of hydrogen-bond acceptors (Lipinski definition) is 6. The number of carboxylic acid groups (broad SMARTS) is 2. The summed E-state index contributed by atoms with van der Waals surface area (Å²) < 4.78 is 71.7. The van der Waals surface area contributed by atoms with Crippen LogP contribution in [-0.2, 0) is 40.9 Å². The number of imidazole rings is 1. The van der Waals surface area contributed by atoms with Crippen molar-refractivity contribution in [3.05, 3.63) is 83.7 Å². The number of carboxylic acids is 2. The number of benzene rings is 1. The van der Waals surface area contributed by atoms with Crippen molar-refractivity contribution in [3.8, 4) is 0 Å². The third-order valence-electron chi connectivity index (χ3n) is 5.44. The highest BCUT2D eigenvalue weighted by Crippen LogP contribution is 2.30. The molecule has 2 aromatic heterocycles. The first kappa shape index (κ1) is 32.2. The number of nitrogens with zero attached hydrogens (tertiary/aromatic N) is 4. The van der Waals surface area contributed by atoms with E-state index in [9.17, 15) is 26.3 Å². The summed E-state index contributed by atoms with van der Waals surface area (Å²) in [6.07, 6.45) is -3.51. The molecule has 0 fully saturated rings. The zero-order valence-corrected chi connectivity index (χ0v) is 21.1. The fourth-order valence-corrected chi connectivity index (χ4v) is 3.65. The van der Waals surface area contributed by atoms with Gasteiger partial charge in [0.15, 0.2) is 0 Å². The molecule has 40 heavy (non-hydrogen) atoms. The van der Waals surface area contributed by atoms with Gasteiger partial charge in [-0.3, -0.25) is 9.88 Å². The van der Waals surface area contributed by atoms with Gasteiger partial charge in [-0.05, 0) is 17.2 Å². The van der Waals surface area contributed by atoms with Crippen LogP contribution >= 0.6 is 0 Å². The molecule has 1 unspecified atom stereocenters. The van der Waals surface area contributed by atoms with Crippen molar-refractivity contribution >= 4 is 11.9 Å². The molecule has 218 valence electrons. The number of aromatic nitrogens is 3. The lowest BCUT2D eigenvalue weighted by Crippen LogP contribution is -2.38. The van der Waals surface area contributed by atoms with Crippen molar-refractivity contribution in [2.45, 2.75) is 38.0 Å². The van der Waals surface area contributed by atoms with Crippen LogP contribution in [0.2, 0.25) is 0 Å². The van der Waals surface area contributed by atoms with Gasteiger partial charge in [0.25, 0.3) is 0 Å². The number of pyridine rings is 1. The predicted octanol–water partition coefficient (Wildman–Crippen LogP) is 4.40. The van der Waals surface area contributed by atoms with Gasteiger partial charge in [0.2, 0.25) is 0 Å². The summed E-state index contributed by atoms with van der Waals surface area (Å²) in [4.78, 5) is 29.1. The molecular formula is C25H26F6N4O5. The maximum Gasteiger partial charge on any atom is 0.490 e. The van der Waals surface area contributed by atoms with Crippen LogP contribution in [0.3, 0.4) is 0 Å². The van der Waals surface area contributed by atoms with Crippen molar-refractivity contribution < 1.29 is 50.9 Å². The van der Waals surface area contributed by atoms with Gasteiger partial charge in [0.05, 0.1) is 37.0 Å². The molecule has 1 atom stereocenters. The normalized spacial score (nSPS) is 15.1. The standard InChI is InChI=1S/C21H24N4O.2C2HF3O2/c1-24-16-23-19-9-11-25(13-18-8-5-10-22-12-18)20(21(19)24)15-26-14-17-6-3-2-4-7-17;2*3-2(4,5)1(6)7/h2-8,10,12,16,20H,9,11,13-15H2,1H3;2*(H,6,7). The fourth-order valence-electron chi connectivity index (χ4n) is 3.65. The average Bonchev–Trinajstić information content (AvgIpc) is 3.27.